The van der Waals surface area contributed by atoms with Crippen molar-refractivity contribution in [2.24, 2.45) is 0 Å². The van der Waals surface area contributed by atoms with Gasteiger partial charge >= 0.3 is 0 Å². The maximum atomic E-state index is 13.1. The summed E-state index contributed by atoms with van der Waals surface area (Å²) >= 11 is 0. The third-order valence-electron chi connectivity index (χ3n) is 6.76. The van der Waals surface area contributed by atoms with Crippen LogP contribution in [-0.4, -0.2) is 57.5 Å². The molecule has 5 heteroatoms. The van der Waals surface area contributed by atoms with E-state index in [0.717, 1.165) is 50.0 Å². The van der Waals surface area contributed by atoms with E-state index in [-0.39, 0.29) is 11.9 Å². The van der Waals surface area contributed by atoms with E-state index >= 15 is 0 Å². The molecule has 154 valence electrons. The molecule has 1 amide bonds. The van der Waals surface area contributed by atoms with Gasteiger partial charge in [0.15, 0.2) is 0 Å². The van der Waals surface area contributed by atoms with Crippen molar-refractivity contribution >= 4 is 5.91 Å². The van der Waals surface area contributed by atoms with Crippen molar-refractivity contribution in [3.8, 4) is 5.69 Å². The number of imidazole rings is 1. The fourth-order valence-electron chi connectivity index (χ4n) is 4.98. The van der Waals surface area contributed by atoms with E-state index < -0.39 is 0 Å². The standard InChI is InChI=1S/C25H28N4O/c1-27(25(30)19-8-10-22(11-9-19)29-14-12-26-18-29)23-7-4-13-28(17-23)24-15-20-5-2-3-6-21(20)16-24/h2-3,5-6,8-12,14,18,23-24H,4,7,13,15-17H2,1H3. The highest BCUT2D eigenvalue weighted by Gasteiger charge is 2.33. The Morgan fingerprint density at radius 2 is 1.80 bits per heavy atom. The Morgan fingerprint density at radius 3 is 2.47 bits per heavy atom. The lowest BCUT2D eigenvalue weighted by atomic mass is 10.0. The summed E-state index contributed by atoms with van der Waals surface area (Å²) in [7, 11) is 1.96. The molecular formula is C25H28N4O. The normalized spacial score (nSPS) is 19.6. The van der Waals surface area contributed by atoms with Crippen molar-refractivity contribution in [3.63, 3.8) is 0 Å². The zero-order chi connectivity index (χ0) is 20.5. The van der Waals surface area contributed by atoms with E-state index in [1.807, 2.05) is 47.0 Å². The minimum atomic E-state index is 0.105. The molecule has 2 aliphatic rings. The number of hydrogen-bond acceptors (Lipinski definition) is 3. The van der Waals surface area contributed by atoms with Gasteiger partial charge in [0.25, 0.3) is 5.91 Å². The molecule has 3 aromatic rings. The van der Waals surface area contributed by atoms with Crippen LogP contribution in [0.25, 0.3) is 5.69 Å². The summed E-state index contributed by atoms with van der Waals surface area (Å²) in [5.41, 5.74) is 4.74. The van der Waals surface area contributed by atoms with Gasteiger partial charge in [-0.25, -0.2) is 4.98 Å². The minimum Gasteiger partial charge on any atom is -0.337 e. The van der Waals surface area contributed by atoms with Crippen LogP contribution in [0.1, 0.15) is 34.3 Å². The Morgan fingerprint density at radius 1 is 1.07 bits per heavy atom. The number of carbonyl (C=O) groups excluding carboxylic acids is 1. The second-order valence-electron chi connectivity index (χ2n) is 8.55. The molecule has 1 saturated heterocycles. The van der Waals surface area contributed by atoms with E-state index in [2.05, 4.69) is 34.1 Å². The first-order valence-corrected chi connectivity index (χ1v) is 10.9. The summed E-state index contributed by atoms with van der Waals surface area (Å²) in [4.78, 5) is 21.8. The first-order chi connectivity index (χ1) is 14.7. The first-order valence-electron chi connectivity index (χ1n) is 10.9. The number of aromatic nitrogens is 2. The lowest BCUT2D eigenvalue weighted by Crippen LogP contribution is -2.51. The van der Waals surface area contributed by atoms with Crippen molar-refractivity contribution in [3.05, 3.63) is 83.9 Å². The number of fused-ring (bicyclic) bond motifs is 1. The number of amides is 1. The smallest absolute Gasteiger partial charge is 0.253 e. The van der Waals surface area contributed by atoms with Crippen LogP contribution >= 0.6 is 0 Å². The second kappa shape index (κ2) is 8.07. The molecule has 2 heterocycles. The van der Waals surface area contributed by atoms with Crippen molar-refractivity contribution in [1.29, 1.82) is 0 Å². The summed E-state index contributed by atoms with van der Waals surface area (Å²) in [5.74, 6) is 0.105. The summed E-state index contributed by atoms with van der Waals surface area (Å²) in [6.45, 7) is 2.10. The van der Waals surface area contributed by atoms with Gasteiger partial charge in [-0.05, 0) is 67.6 Å². The van der Waals surface area contributed by atoms with Crippen LogP contribution in [0.2, 0.25) is 0 Å². The van der Waals surface area contributed by atoms with Gasteiger partial charge in [-0.15, -0.1) is 0 Å². The van der Waals surface area contributed by atoms with E-state index in [0.29, 0.717) is 6.04 Å². The van der Waals surface area contributed by atoms with Gasteiger partial charge in [-0.1, -0.05) is 24.3 Å². The number of likely N-dealkylation sites (N-methyl/N-ethyl adjacent to an activating group) is 1. The Bertz CT molecular complexity index is 987. The van der Waals surface area contributed by atoms with Crippen LogP contribution in [0.4, 0.5) is 0 Å². The topological polar surface area (TPSA) is 41.4 Å². The van der Waals surface area contributed by atoms with Crippen molar-refractivity contribution < 1.29 is 4.79 Å². The lowest BCUT2D eigenvalue weighted by molar-refractivity contribution is 0.0555. The Labute approximate surface area is 178 Å². The van der Waals surface area contributed by atoms with Crippen LogP contribution in [0.3, 0.4) is 0 Å². The van der Waals surface area contributed by atoms with Gasteiger partial charge < -0.3 is 9.47 Å². The quantitative estimate of drug-likeness (QED) is 0.672. The zero-order valence-electron chi connectivity index (χ0n) is 17.4. The molecule has 0 radical (unpaired) electrons. The van der Waals surface area contributed by atoms with Crippen LogP contribution in [0.5, 0.6) is 0 Å². The number of carbonyl (C=O) groups is 1. The number of nitrogens with zero attached hydrogens (tertiary/aromatic N) is 4. The van der Waals surface area contributed by atoms with E-state index in [9.17, 15) is 4.79 Å². The van der Waals surface area contributed by atoms with Gasteiger partial charge in [-0.2, -0.15) is 0 Å². The van der Waals surface area contributed by atoms with Gasteiger partial charge in [0.05, 0.1) is 6.33 Å². The number of piperidine rings is 1. The predicted molar refractivity (Wildman–Crippen MR) is 118 cm³/mol. The maximum Gasteiger partial charge on any atom is 0.253 e. The number of benzene rings is 2. The number of hydrogen-bond donors (Lipinski definition) is 0. The Balaban J connectivity index is 1.24. The summed E-state index contributed by atoms with van der Waals surface area (Å²) in [6, 6.07) is 17.4. The third-order valence-corrected chi connectivity index (χ3v) is 6.76. The molecule has 0 N–H and O–H groups in total. The second-order valence-corrected chi connectivity index (χ2v) is 8.55. The highest BCUT2D eigenvalue weighted by atomic mass is 16.2. The van der Waals surface area contributed by atoms with Crippen LogP contribution < -0.4 is 0 Å². The largest absolute Gasteiger partial charge is 0.337 e. The SMILES string of the molecule is CN(C(=O)c1ccc(-n2ccnc2)cc1)C1CCCN(C2Cc3ccccc3C2)C1. The molecule has 1 unspecified atom stereocenters. The molecule has 1 aromatic heterocycles. The van der Waals surface area contributed by atoms with Crippen molar-refractivity contribution in [2.75, 3.05) is 20.1 Å². The van der Waals surface area contributed by atoms with Crippen molar-refractivity contribution in [1.82, 2.24) is 19.4 Å². The van der Waals surface area contributed by atoms with Crippen LogP contribution in [0, 0.1) is 0 Å². The molecule has 0 bridgehead atoms. The van der Waals surface area contributed by atoms with Gasteiger partial charge in [0.2, 0.25) is 0 Å². The Hall–Kier alpha value is -2.92. The molecule has 0 spiro atoms. The molecule has 1 aliphatic heterocycles. The molecular weight excluding hydrogens is 372 g/mol. The molecule has 1 atom stereocenters. The van der Waals surface area contributed by atoms with Crippen LogP contribution in [-0.2, 0) is 12.8 Å². The van der Waals surface area contributed by atoms with Gasteiger partial charge in [-0.3, -0.25) is 9.69 Å². The van der Waals surface area contributed by atoms with Crippen molar-refractivity contribution in [2.45, 2.75) is 37.8 Å². The van der Waals surface area contributed by atoms with Crippen LogP contribution in [0.15, 0.2) is 67.3 Å². The first kappa shape index (κ1) is 19.1. The molecule has 0 saturated carbocycles. The Kier molecular flexibility index (Phi) is 5.13. The van der Waals surface area contributed by atoms with Gasteiger partial charge in [0.1, 0.15) is 0 Å². The van der Waals surface area contributed by atoms with E-state index in [1.165, 1.54) is 11.1 Å². The van der Waals surface area contributed by atoms with E-state index in [1.54, 1.807) is 12.5 Å². The monoisotopic (exact) mass is 400 g/mol. The number of rotatable bonds is 4. The average molecular weight is 401 g/mol. The molecule has 30 heavy (non-hydrogen) atoms. The molecule has 1 fully saturated rings. The van der Waals surface area contributed by atoms with E-state index in [4.69, 9.17) is 0 Å². The average Bonchev–Trinajstić information content (AvgIpc) is 3.48. The maximum absolute atomic E-state index is 13.1. The molecule has 1 aliphatic carbocycles. The molecule has 5 rings (SSSR count). The highest BCUT2D eigenvalue weighted by molar-refractivity contribution is 5.94. The number of likely N-dealkylation sites (tertiary alicyclic amines) is 1. The molecule has 5 nitrogen and oxygen atoms in total. The fraction of sp³-hybridized carbons (Fsp3) is 0.360. The lowest BCUT2D eigenvalue weighted by Gasteiger charge is -2.40. The highest BCUT2D eigenvalue weighted by Crippen LogP contribution is 2.28. The van der Waals surface area contributed by atoms with Gasteiger partial charge in [0, 0.05) is 49.3 Å². The third kappa shape index (κ3) is 3.65. The summed E-state index contributed by atoms with van der Waals surface area (Å²) in [5, 5.41) is 0. The fourth-order valence-corrected chi connectivity index (χ4v) is 4.98. The minimum absolute atomic E-state index is 0.105. The molecule has 2 aromatic carbocycles. The summed E-state index contributed by atoms with van der Waals surface area (Å²) in [6.07, 6.45) is 9.92. The predicted octanol–water partition coefficient (Wildman–Crippen LogP) is 3.58. The zero-order valence-corrected chi connectivity index (χ0v) is 17.4. The summed E-state index contributed by atoms with van der Waals surface area (Å²) < 4.78 is 1.94.